The van der Waals surface area contributed by atoms with Gasteiger partial charge in [0.05, 0.1) is 13.7 Å². The van der Waals surface area contributed by atoms with Crippen LogP contribution >= 0.6 is 15.9 Å². The van der Waals surface area contributed by atoms with E-state index in [0.717, 1.165) is 5.56 Å². The number of carbonyl (C=O) groups is 3. The van der Waals surface area contributed by atoms with Crippen LogP contribution < -0.4 is 0 Å². The van der Waals surface area contributed by atoms with Gasteiger partial charge in [-0.05, 0) is 5.56 Å². The molecule has 0 radical (unpaired) electrons. The molecule has 0 N–H and O–H groups in total. The number of ether oxygens (including phenoxy) is 2. The van der Waals surface area contributed by atoms with E-state index in [9.17, 15) is 14.4 Å². The summed E-state index contributed by atoms with van der Waals surface area (Å²) in [5, 5.41) is 0.513. The second-order valence-electron chi connectivity index (χ2n) is 5.55. The number of piperazine rings is 1. The first-order valence-corrected chi connectivity index (χ1v) is 9.08. The summed E-state index contributed by atoms with van der Waals surface area (Å²) in [5.41, 5.74) is 0.881. The van der Waals surface area contributed by atoms with Crippen LogP contribution in [-0.4, -0.2) is 65.9 Å². The molecule has 1 aliphatic heterocycles. The number of hydrogen-bond donors (Lipinski definition) is 0. The van der Waals surface area contributed by atoms with E-state index in [0.29, 0.717) is 11.9 Å². The van der Waals surface area contributed by atoms with Gasteiger partial charge in [-0.25, -0.2) is 9.59 Å². The maximum Gasteiger partial charge on any atom is 0.410 e. The van der Waals surface area contributed by atoms with Crippen molar-refractivity contribution >= 4 is 33.9 Å². The van der Waals surface area contributed by atoms with Crippen molar-refractivity contribution in [2.24, 2.45) is 0 Å². The fourth-order valence-electron chi connectivity index (χ4n) is 2.62. The lowest BCUT2D eigenvalue weighted by molar-refractivity contribution is -0.155. The molecule has 1 heterocycles. The van der Waals surface area contributed by atoms with E-state index in [2.05, 4.69) is 15.9 Å². The number of hydrogen-bond acceptors (Lipinski definition) is 5. The number of alkyl halides is 1. The third kappa shape index (κ3) is 5.19. The molecule has 1 aromatic carbocycles. The Kier molecular flexibility index (Phi) is 7.24. The molecule has 7 nitrogen and oxygen atoms in total. The van der Waals surface area contributed by atoms with Crippen molar-refractivity contribution in [2.45, 2.75) is 19.1 Å². The first kappa shape index (κ1) is 19.2. The van der Waals surface area contributed by atoms with E-state index in [1.54, 1.807) is 0 Å². The second kappa shape index (κ2) is 9.41. The van der Waals surface area contributed by atoms with Crippen LogP contribution in [0.3, 0.4) is 0 Å². The summed E-state index contributed by atoms with van der Waals surface area (Å²) in [6.45, 7) is 0.806. The Morgan fingerprint density at radius 1 is 1.20 bits per heavy atom. The third-order valence-corrected chi connectivity index (χ3v) is 4.34. The van der Waals surface area contributed by atoms with Crippen LogP contribution in [0.15, 0.2) is 30.3 Å². The maximum atomic E-state index is 12.3. The summed E-state index contributed by atoms with van der Waals surface area (Å²) in [4.78, 5) is 39.4. The molecule has 8 heteroatoms. The summed E-state index contributed by atoms with van der Waals surface area (Å²) >= 11 is 3.22. The summed E-state index contributed by atoms with van der Waals surface area (Å²) in [5.74, 6) is -0.687. The SMILES string of the molecule is COC(=O)C1CN(C(=O)OCc2ccccc2)CCN1C(=O)CCBr. The molecule has 2 amide bonds. The van der Waals surface area contributed by atoms with Crippen molar-refractivity contribution in [1.29, 1.82) is 0 Å². The Bertz CT molecular complexity index is 610. The molecular formula is C17H21BrN2O5. The minimum absolute atomic E-state index is 0.0638. The molecule has 136 valence electrons. The lowest BCUT2D eigenvalue weighted by Gasteiger charge is -2.39. The smallest absolute Gasteiger partial charge is 0.410 e. The molecule has 1 unspecified atom stereocenters. The lowest BCUT2D eigenvalue weighted by atomic mass is 10.1. The Hall–Kier alpha value is -2.09. The van der Waals surface area contributed by atoms with Gasteiger partial charge in [-0.3, -0.25) is 4.79 Å². The number of nitrogens with zero attached hydrogens (tertiary/aromatic N) is 2. The summed E-state index contributed by atoms with van der Waals surface area (Å²) in [6, 6.07) is 8.53. The van der Waals surface area contributed by atoms with Crippen LogP contribution in [-0.2, 0) is 25.7 Å². The number of rotatable bonds is 5. The van der Waals surface area contributed by atoms with Gasteiger partial charge in [0.25, 0.3) is 0 Å². The van der Waals surface area contributed by atoms with Gasteiger partial charge in [-0.15, -0.1) is 0 Å². The van der Waals surface area contributed by atoms with E-state index >= 15 is 0 Å². The predicted molar refractivity (Wildman–Crippen MR) is 94.1 cm³/mol. The van der Waals surface area contributed by atoms with Crippen LogP contribution in [0, 0.1) is 0 Å². The Labute approximate surface area is 155 Å². The van der Waals surface area contributed by atoms with Gasteiger partial charge in [0.1, 0.15) is 12.6 Å². The van der Waals surface area contributed by atoms with E-state index < -0.39 is 18.1 Å². The monoisotopic (exact) mass is 412 g/mol. The highest BCUT2D eigenvalue weighted by molar-refractivity contribution is 9.09. The van der Waals surface area contributed by atoms with Crippen LogP contribution in [0.2, 0.25) is 0 Å². The molecule has 0 aliphatic carbocycles. The number of esters is 1. The number of methoxy groups -OCH3 is 1. The number of carbonyl (C=O) groups excluding carboxylic acids is 3. The Balaban J connectivity index is 1.97. The van der Waals surface area contributed by atoms with Crippen molar-refractivity contribution in [2.75, 3.05) is 32.1 Å². The maximum absolute atomic E-state index is 12.3. The molecule has 1 fully saturated rings. The zero-order valence-corrected chi connectivity index (χ0v) is 15.6. The van der Waals surface area contributed by atoms with Gasteiger partial charge >= 0.3 is 12.1 Å². The van der Waals surface area contributed by atoms with Gasteiger partial charge in [0.2, 0.25) is 5.91 Å². The van der Waals surface area contributed by atoms with Crippen LogP contribution in [0.5, 0.6) is 0 Å². The first-order chi connectivity index (χ1) is 12.1. The molecule has 0 saturated carbocycles. The van der Waals surface area contributed by atoms with Crippen molar-refractivity contribution in [3.8, 4) is 0 Å². The summed E-state index contributed by atoms with van der Waals surface area (Å²) in [7, 11) is 1.27. The van der Waals surface area contributed by atoms with Crippen LogP contribution in [0.4, 0.5) is 4.79 Å². The zero-order valence-electron chi connectivity index (χ0n) is 14.0. The fourth-order valence-corrected chi connectivity index (χ4v) is 2.96. The van der Waals surface area contributed by atoms with E-state index in [-0.39, 0.29) is 32.0 Å². The minimum Gasteiger partial charge on any atom is -0.467 e. The Morgan fingerprint density at radius 3 is 2.56 bits per heavy atom. The van der Waals surface area contributed by atoms with Crippen molar-refractivity contribution in [3.05, 3.63) is 35.9 Å². The quantitative estimate of drug-likeness (QED) is 0.544. The molecule has 0 bridgehead atoms. The summed E-state index contributed by atoms with van der Waals surface area (Å²) < 4.78 is 10.1. The molecule has 25 heavy (non-hydrogen) atoms. The van der Waals surface area contributed by atoms with Crippen LogP contribution in [0.1, 0.15) is 12.0 Å². The third-order valence-electron chi connectivity index (χ3n) is 3.95. The highest BCUT2D eigenvalue weighted by Crippen LogP contribution is 2.15. The average Bonchev–Trinajstić information content (AvgIpc) is 2.66. The molecule has 0 spiro atoms. The minimum atomic E-state index is -0.811. The fraction of sp³-hybridized carbons (Fsp3) is 0.471. The molecular weight excluding hydrogens is 392 g/mol. The van der Waals surface area contributed by atoms with Gasteiger partial charge in [-0.1, -0.05) is 46.3 Å². The number of amides is 2. The van der Waals surface area contributed by atoms with Crippen molar-refractivity contribution < 1.29 is 23.9 Å². The lowest BCUT2D eigenvalue weighted by Crippen LogP contribution is -2.59. The van der Waals surface area contributed by atoms with E-state index in [1.165, 1.54) is 16.9 Å². The van der Waals surface area contributed by atoms with Crippen LogP contribution in [0.25, 0.3) is 0 Å². The Morgan fingerprint density at radius 2 is 1.92 bits per heavy atom. The van der Waals surface area contributed by atoms with Gasteiger partial charge in [0, 0.05) is 24.8 Å². The molecule has 0 aromatic heterocycles. The summed E-state index contributed by atoms with van der Waals surface area (Å²) in [6.07, 6.45) is -0.225. The molecule has 2 rings (SSSR count). The van der Waals surface area contributed by atoms with E-state index in [4.69, 9.17) is 9.47 Å². The second-order valence-corrected chi connectivity index (χ2v) is 6.34. The van der Waals surface area contributed by atoms with Gasteiger partial charge < -0.3 is 19.3 Å². The normalized spacial score (nSPS) is 17.1. The average molecular weight is 413 g/mol. The topological polar surface area (TPSA) is 76.2 Å². The van der Waals surface area contributed by atoms with Crippen molar-refractivity contribution in [3.63, 3.8) is 0 Å². The highest BCUT2D eigenvalue weighted by atomic mass is 79.9. The zero-order chi connectivity index (χ0) is 18.2. The van der Waals surface area contributed by atoms with E-state index in [1.807, 2.05) is 30.3 Å². The number of halogens is 1. The molecule has 1 aromatic rings. The molecule has 1 aliphatic rings. The van der Waals surface area contributed by atoms with Gasteiger partial charge in [0.15, 0.2) is 0 Å². The number of benzene rings is 1. The highest BCUT2D eigenvalue weighted by Gasteiger charge is 2.37. The molecule has 1 saturated heterocycles. The molecule has 1 atom stereocenters. The first-order valence-electron chi connectivity index (χ1n) is 7.95. The van der Waals surface area contributed by atoms with Gasteiger partial charge in [-0.2, -0.15) is 0 Å². The largest absolute Gasteiger partial charge is 0.467 e. The van der Waals surface area contributed by atoms with Crippen molar-refractivity contribution in [1.82, 2.24) is 9.80 Å². The standard InChI is InChI=1S/C17H21BrN2O5/c1-24-16(22)14-11-19(9-10-20(14)15(21)7-8-18)17(23)25-12-13-5-3-2-4-6-13/h2-6,14H,7-12H2,1H3. The predicted octanol–water partition coefficient (Wildman–Crippen LogP) is 1.79.